The van der Waals surface area contributed by atoms with Gasteiger partial charge in [0.15, 0.2) is 0 Å². The van der Waals surface area contributed by atoms with E-state index in [9.17, 15) is 4.79 Å². The number of hydrogen-bond acceptors (Lipinski definition) is 3. The summed E-state index contributed by atoms with van der Waals surface area (Å²) in [5.41, 5.74) is 3.51. The van der Waals surface area contributed by atoms with E-state index < -0.39 is 0 Å². The van der Waals surface area contributed by atoms with Gasteiger partial charge in [-0.3, -0.25) is 4.79 Å². The number of hydrogen-bond donors (Lipinski definition) is 1. The molecule has 0 aliphatic heterocycles. The molecule has 5 nitrogen and oxygen atoms in total. The van der Waals surface area contributed by atoms with E-state index in [-0.39, 0.29) is 5.91 Å². The van der Waals surface area contributed by atoms with Gasteiger partial charge in [0, 0.05) is 5.69 Å². The number of benzene rings is 2. The molecule has 0 atom stereocenters. The van der Waals surface area contributed by atoms with E-state index in [1.807, 2.05) is 44.2 Å². The Hall–Kier alpha value is -2.79. The van der Waals surface area contributed by atoms with Crippen LogP contribution in [0.1, 0.15) is 21.7 Å². The fraction of sp³-hybridized carbons (Fsp3) is 0.158. The SMILES string of the molecule is COc1ccc(NC(=O)c2c(C)nn(-c3ccccc3)c2C)cc1Cl. The highest BCUT2D eigenvalue weighted by Gasteiger charge is 2.19. The molecule has 25 heavy (non-hydrogen) atoms. The van der Waals surface area contributed by atoms with Crippen LogP contribution in [0, 0.1) is 13.8 Å². The largest absolute Gasteiger partial charge is 0.495 e. The highest BCUT2D eigenvalue weighted by molar-refractivity contribution is 6.32. The molecule has 0 bridgehead atoms. The molecular weight excluding hydrogens is 338 g/mol. The van der Waals surface area contributed by atoms with Gasteiger partial charge in [0.2, 0.25) is 0 Å². The standard InChI is InChI=1S/C19H18ClN3O2/c1-12-18(13(2)23(22-12)15-7-5-4-6-8-15)19(24)21-14-9-10-17(25-3)16(20)11-14/h4-11H,1-3H3,(H,21,24). The van der Waals surface area contributed by atoms with Crippen LogP contribution in [0.15, 0.2) is 48.5 Å². The molecule has 3 rings (SSSR count). The van der Waals surface area contributed by atoms with Gasteiger partial charge in [0.25, 0.3) is 5.91 Å². The number of carbonyl (C=O) groups is 1. The van der Waals surface area contributed by atoms with Crippen LogP contribution in [0.2, 0.25) is 5.02 Å². The lowest BCUT2D eigenvalue weighted by molar-refractivity contribution is 0.102. The maximum Gasteiger partial charge on any atom is 0.259 e. The maximum atomic E-state index is 12.7. The van der Waals surface area contributed by atoms with Crippen molar-refractivity contribution in [2.45, 2.75) is 13.8 Å². The van der Waals surface area contributed by atoms with Crippen LogP contribution >= 0.6 is 11.6 Å². The van der Waals surface area contributed by atoms with Crippen molar-refractivity contribution in [3.05, 3.63) is 70.5 Å². The lowest BCUT2D eigenvalue weighted by atomic mass is 10.1. The number of rotatable bonds is 4. The first kappa shape index (κ1) is 17.0. The van der Waals surface area contributed by atoms with Gasteiger partial charge in [-0.15, -0.1) is 0 Å². The minimum absolute atomic E-state index is 0.224. The van der Waals surface area contributed by atoms with E-state index in [4.69, 9.17) is 16.3 Å². The molecule has 0 saturated carbocycles. The van der Waals surface area contributed by atoms with Crippen LogP contribution in [-0.4, -0.2) is 22.8 Å². The number of aryl methyl sites for hydroxylation is 1. The molecule has 0 fully saturated rings. The normalized spacial score (nSPS) is 10.6. The Labute approximate surface area is 151 Å². The lowest BCUT2D eigenvalue weighted by Gasteiger charge is -2.09. The zero-order valence-corrected chi connectivity index (χ0v) is 15.0. The second kappa shape index (κ2) is 6.99. The molecule has 1 N–H and O–H groups in total. The van der Waals surface area contributed by atoms with Crippen LogP contribution in [0.4, 0.5) is 5.69 Å². The smallest absolute Gasteiger partial charge is 0.259 e. The highest BCUT2D eigenvalue weighted by atomic mass is 35.5. The molecule has 1 aromatic heterocycles. The second-order valence-corrected chi connectivity index (χ2v) is 6.00. The summed E-state index contributed by atoms with van der Waals surface area (Å²) in [6.45, 7) is 3.70. The molecule has 1 heterocycles. The Balaban J connectivity index is 1.90. The zero-order chi connectivity index (χ0) is 18.0. The summed E-state index contributed by atoms with van der Waals surface area (Å²) in [7, 11) is 1.55. The number of ether oxygens (including phenoxy) is 1. The number of para-hydroxylation sites is 1. The van der Waals surface area contributed by atoms with Gasteiger partial charge in [-0.25, -0.2) is 4.68 Å². The number of aromatic nitrogens is 2. The summed E-state index contributed by atoms with van der Waals surface area (Å²) in [4.78, 5) is 12.7. The van der Waals surface area contributed by atoms with Crippen molar-refractivity contribution in [3.8, 4) is 11.4 Å². The van der Waals surface area contributed by atoms with Crippen molar-refractivity contribution in [2.24, 2.45) is 0 Å². The van der Waals surface area contributed by atoms with Crippen LogP contribution in [-0.2, 0) is 0 Å². The number of methoxy groups -OCH3 is 1. The Bertz CT molecular complexity index is 920. The van der Waals surface area contributed by atoms with Gasteiger partial charge >= 0.3 is 0 Å². The lowest BCUT2D eigenvalue weighted by Crippen LogP contribution is -2.14. The first-order chi connectivity index (χ1) is 12.0. The molecule has 3 aromatic rings. The molecule has 1 amide bonds. The molecule has 0 spiro atoms. The molecule has 2 aromatic carbocycles. The van der Waals surface area contributed by atoms with Gasteiger partial charge in [-0.05, 0) is 44.2 Å². The first-order valence-electron chi connectivity index (χ1n) is 7.78. The quantitative estimate of drug-likeness (QED) is 0.754. The fourth-order valence-corrected chi connectivity index (χ4v) is 2.99. The Morgan fingerprint density at radius 1 is 1.16 bits per heavy atom. The predicted molar refractivity (Wildman–Crippen MR) is 99.0 cm³/mol. The summed E-state index contributed by atoms with van der Waals surface area (Å²) in [6, 6.07) is 14.8. The summed E-state index contributed by atoms with van der Waals surface area (Å²) < 4.78 is 6.89. The average molecular weight is 356 g/mol. The minimum atomic E-state index is -0.224. The van der Waals surface area contributed by atoms with Crippen LogP contribution < -0.4 is 10.1 Å². The summed E-state index contributed by atoms with van der Waals surface area (Å²) in [5.74, 6) is 0.335. The van der Waals surface area contributed by atoms with Crippen LogP contribution in [0.3, 0.4) is 0 Å². The topological polar surface area (TPSA) is 56.1 Å². The van der Waals surface area contributed by atoms with Crippen molar-refractivity contribution >= 4 is 23.2 Å². The van der Waals surface area contributed by atoms with E-state index in [0.29, 0.717) is 27.7 Å². The summed E-state index contributed by atoms with van der Waals surface area (Å²) in [5, 5.41) is 7.80. The summed E-state index contributed by atoms with van der Waals surface area (Å²) >= 11 is 6.11. The number of halogens is 1. The zero-order valence-electron chi connectivity index (χ0n) is 14.2. The van der Waals surface area contributed by atoms with E-state index in [1.54, 1.807) is 30.0 Å². The second-order valence-electron chi connectivity index (χ2n) is 5.60. The molecule has 6 heteroatoms. The molecule has 128 valence electrons. The van der Waals surface area contributed by atoms with Crippen molar-refractivity contribution in [1.82, 2.24) is 9.78 Å². The first-order valence-corrected chi connectivity index (χ1v) is 8.15. The van der Waals surface area contributed by atoms with Crippen molar-refractivity contribution in [1.29, 1.82) is 0 Å². The van der Waals surface area contributed by atoms with E-state index in [1.165, 1.54) is 0 Å². The van der Waals surface area contributed by atoms with Crippen LogP contribution in [0.5, 0.6) is 5.75 Å². The third kappa shape index (κ3) is 3.37. The molecular formula is C19H18ClN3O2. The monoisotopic (exact) mass is 355 g/mol. The van der Waals surface area contributed by atoms with Crippen molar-refractivity contribution < 1.29 is 9.53 Å². The number of anilines is 1. The Kier molecular flexibility index (Phi) is 4.76. The fourth-order valence-electron chi connectivity index (χ4n) is 2.73. The Morgan fingerprint density at radius 3 is 2.52 bits per heavy atom. The van der Waals surface area contributed by atoms with Gasteiger partial charge in [-0.1, -0.05) is 29.8 Å². The van der Waals surface area contributed by atoms with E-state index >= 15 is 0 Å². The third-order valence-corrected chi connectivity index (χ3v) is 4.22. The molecule has 0 aliphatic rings. The average Bonchev–Trinajstić information content (AvgIpc) is 2.90. The van der Waals surface area contributed by atoms with E-state index in [0.717, 1.165) is 11.4 Å². The maximum absolute atomic E-state index is 12.7. The predicted octanol–water partition coefficient (Wildman–Crippen LogP) is 4.40. The molecule has 0 unspecified atom stereocenters. The van der Waals surface area contributed by atoms with Crippen molar-refractivity contribution in [3.63, 3.8) is 0 Å². The van der Waals surface area contributed by atoms with Gasteiger partial charge in [0.05, 0.1) is 34.8 Å². The molecule has 0 saturated heterocycles. The summed E-state index contributed by atoms with van der Waals surface area (Å²) in [6.07, 6.45) is 0. The highest BCUT2D eigenvalue weighted by Crippen LogP contribution is 2.28. The number of nitrogens with one attached hydrogen (secondary N) is 1. The van der Waals surface area contributed by atoms with E-state index in [2.05, 4.69) is 10.4 Å². The van der Waals surface area contributed by atoms with Gasteiger partial charge in [-0.2, -0.15) is 5.10 Å². The molecule has 0 radical (unpaired) electrons. The van der Waals surface area contributed by atoms with Crippen LogP contribution in [0.25, 0.3) is 5.69 Å². The van der Waals surface area contributed by atoms with Gasteiger partial charge in [0.1, 0.15) is 5.75 Å². The number of carbonyl (C=O) groups excluding carboxylic acids is 1. The number of amides is 1. The number of nitrogens with zero attached hydrogens (tertiary/aromatic N) is 2. The molecule has 0 aliphatic carbocycles. The third-order valence-electron chi connectivity index (χ3n) is 3.93. The Morgan fingerprint density at radius 2 is 1.88 bits per heavy atom. The van der Waals surface area contributed by atoms with Crippen molar-refractivity contribution in [2.75, 3.05) is 12.4 Å². The minimum Gasteiger partial charge on any atom is -0.495 e. The van der Waals surface area contributed by atoms with Gasteiger partial charge < -0.3 is 10.1 Å².